The van der Waals surface area contributed by atoms with E-state index in [1.807, 2.05) is 24.3 Å². The lowest BCUT2D eigenvalue weighted by Crippen LogP contribution is -2.24. The van der Waals surface area contributed by atoms with E-state index in [4.69, 9.17) is 5.11 Å². The van der Waals surface area contributed by atoms with Crippen molar-refractivity contribution in [1.82, 2.24) is 4.98 Å². The number of fused-ring (bicyclic) bond motifs is 3. The van der Waals surface area contributed by atoms with E-state index < -0.39 is 18.5 Å². The Bertz CT molecular complexity index is 859. The molecule has 5 nitrogen and oxygen atoms in total. The molecule has 1 atom stereocenters. The average molecular weight is 431 g/mol. The summed E-state index contributed by atoms with van der Waals surface area (Å²) in [6, 6.07) is 9.37. The predicted molar refractivity (Wildman–Crippen MR) is 92.2 cm³/mol. The summed E-state index contributed by atoms with van der Waals surface area (Å²) < 4.78 is 1.68. The third-order valence-corrected chi connectivity index (χ3v) is 4.33. The van der Waals surface area contributed by atoms with Gasteiger partial charge in [-0.3, -0.25) is 4.79 Å². The molecule has 5 N–H and O–H groups in total. The third kappa shape index (κ3) is 2.82. The summed E-state index contributed by atoms with van der Waals surface area (Å²) in [5, 5.41) is 20.5. The van der Waals surface area contributed by atoms with Gasteiger partial charge in [0.1, 0.15) is 6.10 Å². The number of aliphatic hydroxyl groups is 2. The molecule has 0 aliphatic carbocycles. The Morgan fingerprint density at radius 2 is 1.82 bits per heavy atom. The van der Waals surface area contributed by atoms with Crippen molar-refractivity contribution >= 4 is 59.4 Å². The van der Waals surface area contributed by atoms with Gasteiger partial charge in [-0.15, -0.1) is 0 Å². The number of carbonyl (C=O) groups is 1. The molecule has 0 saturated heterocycles. The average Bonchev–Trinajstić information content (AvgIpc) is 2.82. The SMILES string of the molecule is O.O=C(c1cc(Br)cc2c1[nH]c1ccc(Br)cc12)C(O)CO. The van der Waals surface area contributed by atoms with Gasteiger partial charge in [0, 0.05) is 30.8 Å². The van der Waals surface area contributed by atoms with Crippen molar-refractivity contribution in [2.75, 3.05) is 6.61 Å². The molecule has 0 fully saturated rings. The highest BCUT2D eigenvalue weighted by Crippen LogP contribution is 2.33. The summed E-state index contributed by atoms with van der Waals surface area (Å²) in [5.74, 6) is -0.505. The van der Waals surface area contributed by atoms with Crippen LogP contribution in [0.4, 0.5) is 0 Å². The first-order chi connectivity index (χ1) is 10.0. The van der Waals surface area contributed by atoms with Gasteiger partial charge in [0.15, 0.2) is 5.78 Å². The molecule has 0 aliphatic rings. The minimum Gasteiger partial charge on any atom is -0.412 e. The highest BCUT2D eigenvalue weighted by molar-refractivity contribution is 9.10. The number of H-pyrrole nitrogens is 1. The van der Waals surface area contributed by atoms with E-state index in [0.717, 1.165) is 25.2 Å². The fourth-order valence-electron chi connectivity index (χ4n) is 2.39. The van der Waals surface area contributed by atoms with E-state index >= 15 is 0 Å². The lowest BCUT2D eigenvalue weighted by atomic mass is 10.0. The van der Waals surface area contributed by atoms with Crippen molar-refractivity contribution in [3.63, 3.8) is 0 Å². The fourth-order valence-corrected chi connectivity index (χ4v) is 3.21. The van der Waals surface area contributed by atoms with Gasteiger partial charge in [-0.05, 0) is 30.3 Å². The summed E-state index contributed by atoms with van der Waals surface area (Å²) in [6.07, 6.45) is -1.42. The third-order valence-electron chi connectivity index (χ3n) is 3.38. The molecule has 22 heavy (non-hydrogen) atoms. The van der Waals surface area contributed by atoms with E-state index in [0.29, 0.717) is 11.1 Å². The Labute approximate surface area is 142 Å². The predicted octanol–water partition coefficient (Wildman–Crippen LogP) is 2.56. The molecule has 0 aliphatic heterocycles. The van der Waals surface area contributed by atoms with Crippen molar-refractivity contribution in [2.45, 2.75) is 6.10 Å². The number of aromatic amines is 1. The van der Waals surface area contributed by atoms with Crippen LogP contribution in [0.2, 0.25) is 0 Å². The van der Waals surface area contributed by atoms with E-state index in [-0.39, 0.29) is 5.48 Å². The first-order valence-corrected chi connectivity index (χ1v) is 7.83. The lowest BCUT2D eigenvalue weighted by molar-refractivity contribution is 0.0589. The van der Waals surface area contributed by atoms with Crippen molar-refractivity contribution in [2.24, 2.45) is 0 Å². The first-order valence-electron chi connectivity index (χ1n) is 6.25. The van der Waals surface area contributed by atoms with Gasteiger partial charge in [0.05, 0.1) is 12.1 Å². The molecule has 1 unspecified atom stereocenters. The molecule has 7 heteroatoms. The van der Waals surface area contributed by atoms with Crippen LogP contribution in [0.15, 0.2) is 39.3 Å². The second-order valence-corrected chi connectivity index (χ2v) is 6.58. The molecule has 0 amide bonds. The standard InChI is InChI=1S/C15H11Br2NO3.H2O/c16-7-1-2-12-9(3-7)10-4-8(17)5-11(14(10)18-12)15(21)13(20)6-19;/h1-5,13,18-20H,6H2;1H2. The number of Topliss-reactive ketones (excluding diaryl/α,β-unsaturated/α-hetero) is 1. The molecule has 2 aromatic carbocycles. The number of hydrogen-bond donors (Lipinski definition) is 3. The molecule has 0 saturated carbocycles. The molecule has 0 radical (unpaired) electrons. The van der Waals surface area contributed by atoms with Crippen LogP contribution in [0.3, 0.4) is 0 Å². The van der Waals surface area contributed by atoms with E-state index in [9.17, 15) is 9.90 Å². The van der Waals surface area contributed by atoms with E-state index in [1.165, 1.54) is 0 Å². The monoisotopic (exact) mass is 429 g/mol. The van der Waals surface area contributed by atoms with Crippen LogP contribution >= 0.6 is 31.9 Å². The van der Waals surface area contributed by atoms with Crippen molar-refractivity contribution in [1.29, 1.82) is 0 Å². The highest BCUT2D eigenvalue weighted by Gasteiger charge is 2.21. The van der Waals surface area contributed by atoms with Gasteiger partial charge in [-0.1, -0.05) is 31.9 Å². The number of carbonyl (C=O) groups excluding carboxylic acids is 1. The van der Waals surface area contributed by atoms with Gasteiger partial charge in [-0.2, -0.15) is 0 Å². The van der Waals surface area contributed by atoms with Crippen LogP contribution in [0.25, 0.3) is 21.8 Å². The Morgan fingerprint density at radius 3 is 2.50 bits per heavy atom. The maximum Gasteiger partial charge on any atom is 0.195 e. The number of aliphatic hydroxyl groups excluding tert-OH is 2. The van der Waals surface area contributed by atoms with Gasteiger partial charge < -0.3 is 20.7 Å². The Balaban J connectivity index is 0.00000176. The smallest absolute Gasteiger partial charge is 0.195 e. The number of rotatable bonds is 3. The molecule has 3 aromatic rings. The second kappa shape index (κ2) is 6.47. The molecule has 1 aromatic heterocycles. The maximum absolute atomic E-state index is 12.2. The van der Waals surface area contributed by atoms with Crippen LogP contribution in [0.5, 0.6) is 0 Å². The topological polar surface area (TPSA) is 105 Å². The van der Waals surface area contributed by atoms with Crippen molar-refractivity contribution in [3.05, 3.63) is 44.8 Å². The summed E-state index contributed by atoms with van der Waals surface area (Å²) in [7, 11) is 0. The fraction of sp³-hybridized carbons (Fsp3) is 0.133. The normalized spacial score (nSPS) is 12.4. The lowest BCUT2D eigenvalue weighted by Gasteiger charge is -2.08. The van der Waals surface area contributed by atoms with Crippen LogP contribution in [-0.2, 0) is 0 Å². The van der Waals surface area contributed by atoms with Crippen LogP contribution in [0.1, 0.15) is 10.4 Å². The van der Waals surface area contributed by atoms with Crippen LogP contribution < -0.4 is 0 Å². The van der Waals surface area contributed by atoms with Crippen LogP contribution in [0, 0.1) is 0 Å². The van der Waals surface area contributed by atoms with E-state index in [2.05, 4.69) is 36.8 Å². The minimum absolute atomic E-state index is 0. The number of halogens is 2. The summed E-state index contributed by atoms with van der Waals surface area (Å²) in [4.78, 5) is 15.4. The van der Waals surface area contributed by atoms with Gasteiger partial charge >= 0.3 is 0 Å². The number of ketones is 1. The molecule has 0 bridgehead atoms. The molecular formula is C15H13Br2NO4. The molecule has 1 heterocycles. The zero-order chi connectivity index (χ0) is 15.1. The summed E-state index contributed by atoms with van der Waals surface area (Å²) >= 11 is 6.83. The Morgan fingerprint density at radius 1 is 1.14 bits per heavy atom. The zero-order valence-electron chi connectivity index (χ0n) is 11.2. The Kier molecular flexibility index (Phi) is 5.03. The van der Waals surface area contributed by atoms with Crippen LogP contribution in [-0.4, -0.2) is 39.2 Å². The molecule has 0 spiro atoms. The van der Waals surface area contributed by atoms with Crippen molar-refractivity contribution in [3.8, 4) is 0 Å². The maximum atomic E-state index is 12.2. The first kappa shape index (κ1) is 17.1. The number of nitrogens with one attached hydrogen (secondary N) is 1. The Hall–Kier alpha value is -1.25. The number of hydrogen-bond acceptors (Lipinski definition) is 3. The van der Waals surface area contributed by atoms with E-state index in [1.54, 1.807) is 6.07 Å². The highest BCUT2D eigenvalue weighted by atomic mass is 79.9. The zero-order valence-corrected chi connectivity index (χ0v) is 14.4. The quantitative estimate of drug-likeness (QED) is 0.556. The molecule has 3 rings (SSSR count). The molecular weight excluding hydrogens is 418 g/mol. The largest absolute Gasteiger partial charge is 0.412 e. The summed E-state index contributed by atoms with van der Waals surface area (Å²) in [5.41, 5.74) is 1.91. The number of benzene rings is 2. The van der Waals surface area contributed by atoms with Gasteiger partial charge in [0.25, 0.3) is 0 Å². The second-order valence-electron chi connectivity index (χ2n) is 4.75. The van der Waals surface area contributed by atoms with Gasteiger partial charge in [-0.25, -0.2) is 0 Å². The minimum atomic E-state index is -1.42. The summed E-state index contributed by atoms with van der Waals surface area (Å²) in [6.45, 7) is -0.599. The molecule has 116 valence electrons. The van der Waals surface area contributed by atoms with Crippen molar-refractivity contribution < 1.29 is 20.5 Å². The number of aromatic nitrogens is 1. The van der Waals surface area contributed by atoms with Gasteiger partial charge in [0.2, 0.25) is 0 Å².